The summed E-state index contributed by atoms with van der Waals surface area (Å²) in [6.07, 6.45) is 19.5. The summed E-state index contributed by atoms with van der Waals surface area (Å²) in [6, 6.07) is 46.2. The number of ether oxygens (including phenoxy) is 6. The normalized spacial score (nSPS) is 20.2. The van der Waals surface area contributed by atoms with Crippen LogP contribution in [-0.2, 0) is 51.0 Å². The number of amides is 7. The highest BCUT2D eigenvalue weighted by Crippen LogP contribution is 2.43. The van der Waals surface area contributed by atoms with Crippen molar-refractivity contribution in [1.82, 2.24) is 74.4 Å². The molecule has 4 saturated heterocycles. The van der Waals surface area contributed by atoms with Crippen molar-refractivity contribution in [2.45, 2.75) is 139 Å². The van der Waals surface area contributed by atoms with E-state index >= 15 is 0 Å². The number of hydrogen-bond donors (Lipinski definition) is 7. The number of carbonyl (C=O) groups excluding carboxylic acids is 7. The fraction of sp³-hybridized carbons (Fsp3) is 0.440. The molecule has 7 amide bonds. The lowest BCUT2D eigenvalue weighted by Gasteiger charge is -2.42. The van der Waals surface area contributed by atoms with Crippen LogP contribution in [0.1, 0.15) is 155 Å². The van der Waals surface area contributed by atoms with Crippen molar-refractivity contribution in [3.63, 3.8) is 0 Å². The molecule has 0 bridgehead atoms. The van der Waals surface area contributed by atoms with E-state index in [1.54, 1.807) is 49.1 Å². The number of hydrogen-bond acceptors (Lipinski definition) is 25. The van der Waals surface area contributed by atoms with Crippen molar-refractivity contribution in [1.29, 1.82) is 0 Å². The fourth-order valence-corrected chi connectivity index (χ4v) is 19.7. The van der Waals surface area contributed by atoms with Gasteiger partial charge in [-0.2, -0.15) is 0 Å². The second kappa shape index (κ2) is 45.3. The molecule has 133 heavy (non-hydrogen) atoms. The zero-order valence-corrected chi connectivity index (χ0v) is 75.3. The first-order valence-electron chi connectivity index (χ1n) is 46.9. The molecule has 10 N–H and O–H groups in total. The van der Waals surface area contributed by atoms with Crippen LogP contribution < -0.4 is 42.6 Å². The van der Waals surface area contributed by atoms with Gasteiger partial charge in [-0.1, -0.05) is 84.9 Å². The van der Waals surface area contributed by atoms with E-state index in [9.17, 15) is 38.4 Å². The molecule has 700 valence electrons. The number of benzene rings is 6. The number of aryl methyl sites for hydroxylation is 2. The summed E-state index contributed by atoms with van der Waals surface area (Å²) >= 11 is 0. The molecule has 2 saturated carbocycles. The lowest BCUT2D eigenvalue weighted by Crippen LogP contribution is -2.52. The number of piperazine rings is 2. The number of carbonyl (C=O) groups is 8. The summed E-state index contributed by atoms with van der Waals surface area (Å²) in [7, 11) is 0. The lowest BCUT2D eigenvalue weighted by molar-refractivity contribution is -0.137. The number of carboxylic acids is 1. The average molecular weight is 1810 g/mol. The van der Waals surface area contributed by atoms with E-state index in [2.05, 4.69) is 91.3 Å². The van der Waals surface area contributed by atoms with E-state index in [-0.39, 0.29) is 53.7 Å². The molecule has 18 rings (SSSR count). The summed E-state index contributed by atoms with van der Waals surface area (Å²) in [5.41, 5.74) is 26.6. The predicted octanol–water partition coefficient (Wildman–Crippen LogP) is 10.4. The topological polar surface area (TPSA) is 407 Å². The Morgan fingerprint density at radius 1 is 0.421 bits per heavy atom. The monoisotopic (exact) mass is 1810 g/mol. The van der Waals surface area contributed by atoms with Gasteiger partial charge in [0.05, 0.1) is 85.9 Å². The predicted molar refractivity (Wildman–Crippen MR) is 502 cm³/mol. The molecule has 33 nitrogen and oxygen atoms in total. The van der Waals surface area contributed by atoms with Crippen LogP contribution in [0.5, 0.6) is 23.0 Å². The summed E-state index contributed by atoms with van der Waals surface area (Å²) in [5, 5.41) is 18.9. The van der Waals surface area contributed by atoms with Gasteiger partial charge < -0.3 is 75.8 Å². The Morgan fingerprint density at radius 3 is 1.23 bits per heavy atom. The van der Waals surface area contributed by atoms with Gasteiger partial charge in [0.1, 0.15) is 70.7 Å². The molecule has 2 unspecified atom stereocenters. The van der Waals surface area contributed by atoms with E-state index in [1.165, 1.54) is 12.8 Å². The number of nitrogens with zero attached hydrogens (tertiary/aromatic N) is 12. The van der Waals surface area contributed by atoms with Crippen LogP contribution in [0.2, 0.25) is 0 Å². The molecule has 6 fully saturated rings. The first kappa shape index (κ1) is 93.8. The maximum atomic E-state index is 13.3. The molecule has 4 aromatic heterocycles. The number of aromatic nitrogens is 6. The largest absolute Gasteiger partial charge is 0.481 e. The van der Waals surface area contributed by atoms with Gasteiger partial charge in [0.15, 0.2) is 0 Å². The second-order valence-electron chi connectivity index (χ2n) is 34.9. The second-order valence-corrected chi connectivity index (χ2v) is 34.9. The van der Waals surface area contributed by atoms with Crippen LogP contribution in [0.15, 0.2) is 171 Å². The molecular weight excluding hydrogens is 1690 g/mol. The molecule has 33 heteroatoms. The zero-order chi connectivity index (χ0) is 92.1. The summed E-state index contributed by atoms with van der Waals surface area (Å²) in [6.45, 7) is 17.0. The number of aliphatic carboxylic acids is 1. The van der Waals surface area contributed by atoms with Gasteiger partial charge in [-0.25, -0.2) is 19.9 Å². The average Bonchev–Trinajstić information content (AvgIpc) is 1.62. The molecular formula is C100H120N18O15. The summed E-state index contributed by atoms with van der Waals surface area (Å²) in [4.78, 5) is 130. The standard InChI is InChI=1S/C50H59N9O7.C34H45N7O3.C16H16N2O5/c51-46-45-41(34-11-18-39(19-12-34)66-38-7-2-1-3-8-38)32-58(47(45)55-33-54-46)37-16-14-36(15-17-37)57-25-23-56(24-26-57)27-29-65-31-30-64-28-22-52-43(60)20-13-35-6-4-9-40-44(35)50(63)59(49(40)62)42-10-5-21-53-48(42)61;35-14-20-42-22-23-43-21-19-39-15-17-40(18-16-39)27-8-10-28(11-9-27)41-24-31(32-33(36)37-25-38-34(32)41)26-6-12-30(13-7-26)44-29-4-2-1-3-5-29;19-12(20)7-6-9-3-1-4-10-13(9)16(23)18(15(10)22)11-5-2-8-17-14(11)21/h1-4,6-9,11-12,18-19,32-33,36-37,42H,5,10,13-17,20-31H2,(H,52,60)(H,53,61)(H2,51,54,55);1-7,12-13,24-25,27-28H,8-11,14-23,35H2,(H2,36,37,38);1,3-4,11H,2,5-8H2,(H,17,21)(H,19,20). The van der Waals surface area contributed by atoms with Crippen molar-refractivity contribution in [2.24, 2.45) is 5.73 Å². The SMILES string of the molecule is NCCOCCOCCN1CCN(C2CCC(n3cc(-c4ccc(Oc5ccccc5)cc4)c4c(N)ncnc43)CC2)CC1.Nc1ncnc2c1c(-c1ccc(Oc3ccccc3)cc1)cn2C1CCC(N2CCN(CCOCCOCCNC(=O)CCc3cccc4c3C(=O)N(C3CCCNC3=O)C4=O)CC2)CC1.O=C(O)CCc1cccc2c1C(=O)N(C1CCCNC1=O)C2=O. The maximum absolute atomic E-state index is 13.3. The van der Waals surface area contributed by atoms with E-state index in [0.29, 0.717) is 157 Å². The molecule has 10 aromatic rings. The number of piperidine rings is 2. The number of nitrogens with two attached hydrogens (primary N) is 3. The van der Waals surface area contributed by atoms with Gasteiger partial charge in [0.25, 0.3) is 23.6 Å². The third kappa shape index (κ3) is 22.9. The van der Waals surface area contributed by atoms with Crippen LogP contribution in [-0.4, -0.2) is 280 Å². The zero-order valence-electron chi connectivity index (χ0n) is 75.3. The molecule has 6 aromatic carbocycles. The van der Waals surface area contributed by atoms with Crippen molar-refractivity contribution in [3.8, 4) is 45.3 Å². The van der Waals surface area contributed by atoms with Crippen molar-refractivity contribution in [2.75, 3.05) is 156 Å². The van der Waals surface area contributed by atoms with Crippen LogP contribution in [0.4, 0.5) is 11.6 Å². The summed E-state index contributed by atoms with van der Waals surface area (Å²) in [5.74, 6) is 0.519. The Hall–Kier alpha value is -12.4. The minimum atomic E-state index is -0.970. The highest BCUT2D eigenvalue weighted by atomic mass is 16.5. The fourth-order valence-electron chi connectivity index (χ4n) is 19.7. The van der Waals surface area contributed by atoms with Crippen LogP contribution >= 0.6 is 0 Å². The highest BCUT2D eigenvalue weighted by molar-refractivity contribution is 6.24. The van der Waals surface area contributed by atoms with Crippen molar-refractivity contribution >= 4 is 81.0 Å². The van der Waals surface area contributed by atoms with E-state index < -0.39 is 41.7 Å². The van der Waals surface area contributed by atoms with Crippen molar-refractivity contribution in [3.05, 3.63) is 204 Å². The third-order valence-corrected chi connectivity index (χ3v) is 26.6. The van der Waals surface area contributed by atoms with E-state index in [4.69, 9.17) is 60.7 Å². The number of nitrogens with one attached hydrogen (secondary N) is 3. The Kier molecular flexibility index (Phi) is 32.0. The Balaban J connectivity index is 0.000000164. The Labute approximate surface area is 773 Å². The Bertz CT molecular complexity index is 5680. The van der Waals surface area contributed by atoms with Crippen molar-refractivity contribution < 1.29 is 71.9 Å². The minimum Gasteiger partial charge on any atom is -0.481 e. The maximum Gasteiger partial charge on any atom is 0.303 e. The number of carboxylic acid groups (broad SMARTS) is 1. The quantitative estimate of drug-likeness (QED) is 0.0143. The molecule has 0 spiro atoms. The lowest BCUT2D eigenvalue weighted by atomic mass is 9.89. The number of nitrogen functional groups attached to an aromatic ring is 2. The smallest absolute Gasteiger partial charge is 0.303 e. The number of para-hydroxylation sites is 2. The van der Waals surface area contributed by atoms with E-state index in [1.807, 2.05) is 84.9 Å². The molecule has 8 aliphatic rings. The van der Waals surface area contributed by atoms with Gasteiger partial charge in [-0.15, -0.1) is 0 Å². The number of anilines is 2. The highest BCUT2D eigenvalue weighted by Gasteiger charge is 2.47. The minimum absolute atomic E-state index is 0.123. The Morgan fingerprint density at radius 2 is 0.820 bits per heavy atom. The van der Waals surface area contributed by atoms with Gasteiger partial charge in [0, 0.05) is 152 Å². The van der Waals surface area contributed by atoms with Gasteiger partial charge in [-0.05, 0) is 173 Å². The molecule has 2 aliphatic carbocycles. The van der Waals surface area contributed by atoms with Crippen LogP contribution in [0, 0.1) is 0 Å². The molecule has 10 heterocycles. The summed E-state index contributed by atoms with van der Waals surface area (Å²) < 4.78 is 39.4. The first-order valence-corrected chi connectivity index (χ1v) is 46.9. The van der Waals surface area contributed by atoms with Crippen LogP contribution in [0.25, 0.3) is 44.3 Å². The third-order valence-electron chi connectivity index (χ3n) is 26.6. The van der Waals surface area contributed by atoms with Gasteiger partial charge in [0.2, 0.25) is 17.7 Å². The molecule has 0 radical (unpaired) electrons. The number of fused-ring (bicyclic) bond motifs is 4. The van der Waals surface area contributed by atoms with Gasteiger partial charge >= 0.3 is 5.97 Å². The molecule has 6 aliphatic heterocycles. The molecule has 2 atom stereocenters. The number of rotatable bonds is 35. The van der Waals surface area contributed by atoms with Gasteiger partial charge in [-0.3, -0.25) is 67.8 Å². The van der Waals surface area contributed by atoms with Crippen LogP contribution in [0.3, 0.4) is 0 Å². The van der Waals surface area contributed by atoms with E-state index in [0.717, 1.165) is 188 Å². The number of imide groups is 2. The first-order chi connectivity index (χ1) is 65.0.